The second-order valence-electron chi connectivity index (χ2n) is 26.0. The lowest BCUT2D eigenvalue weighted by molar-refractivity contribution is -0.0902. The van der Waals surface area contributed by atoms with Crippen LogP contribution in [-0.2, 0) is 38.2 Å². The molecule has 0 amide bonds. The number of nitrogens with one attached hydrogen (secondary N) is 3. The lowest BCUT2D eigenvalue weighted by Crippen LogP contribution is -2.53. The molecule has 3 fully saturated rings. The van der Waals surface area contributed by atoms with E-state index < -0.39 is 25.3 Å². The van der Waals surface area contributed by atoms with Crippen molar-refractivity contribution >= 4 is 7.67 Å². The molecule has 13 nitrogen and oxygen atoms in total. The second kappa shape index (κ2) is 32.4. The summed E-state index contributed by atoms with van der Waals surface area (Å²) in [6, 6.07) is 28.1. The van der Waals surface area contributed by atoms with Crippen LogP contribution in [0.2, 0.25) is 0 Å². The van der Waals surface area contributed by atoms with E-state index in [9.17, 15) is 5.26 Å². The molecule has 0 radical (unpaired) electrons. The molecule has 2 unspecified atom stereocenters. The summed E-state index contributed by atoms with van der Waals surface area (Å²) in [6.07, 6.45) is 17.1. The summed E-state index contributed by atoms with van der Waals surface area (Å²) in [5, 5.41) is 20.2. The summed E-state index contributed by atoms with van der Waals surface area (Å²) in [5.41, 5.74) is 4.02. The van der Waals surface area contributed by atoms with E-state index in [4.69, 9.17) is 37.7 Å². The molecular weight excluding hydrogens is 1060 g/mol. The molecule has 4 aliphatic carbocycles. The third kappa shape index (κ3) is 17.3. The van der Waals surface area contributed by atoms with E-state index in [-0.39, 0.29) is 38.3 Å². The molecular formula is C69H107N4O9P. The number of ether oxygens (including phenoxy) is 7. The van der Waals surface area contributed by atoms with Gasteiger partial charge in [0.05, 0.1) is 85.0 Å². The van der Waals surface area contributed by atoms with Gasteiger partial charge in [-0.1, -0.05) is 120 Å². The van der Waals surface area contributed by atoms with Crippen LogP contribution < -0.4 is 25.0 Å². The zero-order chi connectivity index (χ0) is 59.5. The number of benzene rings is 3. The molecule has 3 N–H and O–H groups in total. The van der Waals surface area contributed by atoms with Gasteiger partial charge in [-0.3, -0.25) is 9.09 Å². The van der Waals surface area contributed by atoms with Crippen molar-refractivity contribution in [1.82, 2.24) is 15.5 Å². The highest BCUT2D eigenvalue weighted by Crippen LogP contribution is 2.67. The van der Waals surface area contributed by atoms with Crippen LogP contribution in [-0.4, -0.2) is 111 Å². The average Bonchev–Trinajstić information content (AvgIpc) is 2.08. The van der Waals surface area contributed by atoms with Crippen molar-refractivity contribution in [2.75, 3.05) is 80.2 Å². The summed E-state index contributed by atoms with van der Waals surface area (Å²) in [6.45, 7) is 24.7. The van der Waals surface area contributed by atoms with Crippen molar-refractivity contribution in [2.24, 2.45) is 46.3 Å². The highest BCUT2D eigenvalue weighted by Gasteiger charge is 2.59. The third-order valence-electron chi connectivity index (χ3n) is 19.4. The Morgan fingerprint density at radius 3 is 1.84 bits per heavy atom. The molecule has 7 rings (SSSR count). The third-order valence-corrected chi connectivity index (χ3v) is 21.6. The van der Waals surface area contributed by atoms with E-state index in [2.05, 4.69) is 62.3 Å². The second-order valence-corrected chi connectivity index (χ2v) is 27.9. The topological polar surface area (TPSA) is 151 Å². The maximum absolute atomic E-state index is 15.3. The summed E-state index contributed by atoms with van der Waals surface area (Å²) in [7, 11) is -0.599. The van der Waals surface area contributed by atoms with Crippen molar-refractivity contribution < 1.29 is 42.2 Å². The van der Waals surface area contributed by atoms with Gasteiger partial charge in [0.2, 0.25) is 0 Å². The van der Waals surface area contributed by atoms with E-state index in [0.29, 0.717) is 68.0 Å². The van der Waals surface area contributed by atoms with Gasteiger partial charge < -0.3 is 38.5 Å². The Bertz CT molecular complexity index is 2430. The Balaban J connectivity index is 0.876. The van der Waals surface area contributed by atoms with Gasteiger partial charge in [0.15, 0.2) is 0 Å². The molecule has 83 heavy (non-hydrogen) atoms. The van der Waals surface area contributed by atoms with E-state index >= 15 is 4.57 Å². The largest absolute Gasteiger partial charge is 0.497 e. The van der Waals surface area contributed by atoms with Gasteiger partial charge in [0.25, 0.3) is 0 Å². The normalized spacial score (nSPS) is 24.6. The molecule has 4 aliphatic rings. The molecule has 0 heterocycles. The first-order valence-electron chi connectivity index (χ1n) is 31.9. The number of allylic oxidation sites excluding steroid dienone is 1. The van der Waals surface area contributed by atoms with E-state index in [1.807, 2.05) is 107 Å². The fourth-order valence-corrected chi connectivity index (χ4v) is 17.6. The molecule has 0 aliphatic heterocycles. The summed E-state index contributed by atoms with van der Waals surface area (Å²) in [4.78, 5) is 0. The first-order valence-corrected chi connectivity index (χ1v) is 33.5. The predicted octanol–water partition coefficient (Wildman–Crippen LogP) is 14.3. The van der Waals surface area contributed by atoms with Crippen LogP contribution >= 0.6 is 7.67 Å². The molecule has 3 aromatic rings. The number of nitriles is 1. The highest BCUT2D eigenvalue weighted by atomic mass is 31.2. The Kier molecular flexibility index (Phi) is 26.1. The van der Waals surface area contributed by atoms with E-state index in [0.717, 1.165) is 65.2 Å². The number of hydrogen-bond donors (Lipinski definition) is 3. The monoisotopic (exact) mass is 1170 g/mol. The zero-order valence-corrected chi connectivity index (χ0v) is 53.7. The van der Waals surface area contributed by atoms with Crippen LogP contribution in [0.25, 0.3) is 0 Å². The Morgan fingerprint density at radius 2 is 1.27 bits per heavy atom. The highest BCUT2D eigenvalue weighted by molar-refractivity contribution is 7.54. The van der Waals surface area contributed by atoms with Crippen molar-refractivity contribution in [3.8, 4) is 17.6 Å². The van der Waals surface area contributed by atoms with Gasteiger partial charge >= 0.3 is 7.67 Å². The summed E-state index contributed by atoms with van der Waals surface area (Å²) >= 11 is 0. The number of hydrogen-bond acceptors (Lipinski definition) is 11. The quantitative estimate of drug-likeness (QED) is 0.0218. The van der Waals surface area contributed by atoms with E-state index in [1.54, 1.807) is 19.8 Å². The van der Waals surface area contributed by atoms with Crippen LogP contribution in [0.1, 0.15) is 162 Å². The Labute approximate surface area is 501 Å². The molecule has 0 aromatic heterocycles. The van der Waals surface area contributed by atoms with Crippen molar-refractivity contribution in [3.05, 3.63) is 107 Å². The maximum Gasteiger partial charge on any atom is 0.341 e. The van der Waals surface area contributed by atoms with Gasteiger partial charge in [-0.25, -0.2) is 10.2 Å². The van der Waals surface area contributed by atoms with Crippen LogP contribution in [0.15, 0.2) is 90.5 Å². The molecule has 14 heteroatoms. The van der Waals surface area contributed by atoms with Gasteiger partial charge in [-0.2, -0.15) is 5.26 Å². The molecule has 0 spiro atoms. The van der Waals surface area contributed by atoms with Gasteiger partial charge in [0, 0.05) is 24.7 Å². The zero-order valence-electron chi connectivity index (χ0n) is 52.8. The van der Waals surface area contributed by atoms with Gasteiger partial charge in [0.1, 0.15) is 23.7 Å². The fraction of sp³-hybridized carbons (Fsp3) is 0.696. The Morgan fingerprint density at radius 1 is 0.675 bits per heavy atom. The molecule has 10 atom stereocenters. The molecule has 3 aromatic carbocycles. The smallest absolute Gasteiger partial charge is 0.341 e. The SMILES string of the molecule is COc1ccc(C(c2ccccc2)(c2ccc(OC)cc2)C(OP(=O)(NC(C)C)NC(C)C)C(COCCOCCOCCOCCCN[C@H]2CC[C@@]3(C)C(=CC[C@H]4[C@@H]5CC[C@H]([C@H](C)CCCC(C)C)[C@@]5(C)CC[C@@H]43)C2)OCCC#N)cc1. The van der Waals surface area contributed by atoms with Crippen LogP contribution in [0.3, 0.4) is 0 Å². The minimum absolute atomic E-state index is 0.0326. The van der Waals surface area contributed by atoms with Crippen molar-refractivity contribution in [3.63, 3.8) is 0 Å². The van der Waals surface area contributed by atoms with Crippen LogP contribution in [0.4, 0.5) is 0 Å². The molecule has 3 saturated carbocycles. The lowest BCUT2D eigenvalue weighted by Gasteiger charge is -2.58. The number of rotatable bonds is 37. The maximum atomic E-state index is 15.3. The number of methoxy groups -OCH3 is 2. The summed E-state index contributed by atoms with van der Waals surface area (Å²) < 4.78 is 64.8. The average molecular weight is 1170 g/mol. The first-order chi connectivity index (χ1) is 40.0. The van der Waals surface area contributed by atoms with E-state index in [1.165, 1.54) is 70.6 Å². The van der Waals surface area contributed by atoms with Crippen LogP contribution in [0.5, 0.6) is 11.5 Å². The van der Waals surface area contributed by atoms with Crippen LogP contribution in [0, 0.1) is 57.7 Å². The molecule has 462 valence electrons. The van der Waals surface area contributed by atoms with Crippen molar-refractivity contribution in [2.45, 2.75) is 182 Å². The minimum atomic E-state index is -3.87. The lowest BCUT2D eigenvalue weighted by atomic mass is 9.47. The molecule has 0 saturated heterocycles. The first kappa shape index (κ1) is 66.9. The summed E-state index contributed by atoms with van der Waals surface area (Å²) in [5.74, 6) is 6.60. The molecule has 0 bridgehead atoms. The van der Waals surface area contributed by atoms with Gasteiger partial charge in [-0.15, -0.1) is 0 Å². The Hall–Kier alpha value is -3.64. The predicted molar refractivity (Wildman–Crippen MR) is 334 cm³/mol. The fourth-order valence-electron chi connectivity index (χ4n) is 15.4. The number of fused-ring (bicyclic) bond motifs is 5. The van der Waals surface area contributed by atoms with Gasteiger partial charge in [-0.05, 0) is 179 Å². The van der Waals surface area contributed by atoms with Crippen molar-refractivity contribution in [1.29, 1.82) is 5.26 Å². The number of nitrogens with zero attached hydrogens (tertiary/aromatic N) is 1. The standard InChI is InChI=1S/C69H107N4O9P/c1-50(2)18-15-19-53(7)62-32-33-63-61-31-26-57-48-58(34-36-67(57,8)64(61)35-37-68(62,63)9)71-39-17-40-77-42-43-78-44-45-79-46-47-80-49-65(81-41-16-38-70)66(82-83(74,72-51(3)4)73-52(5)6)69(54-20-13-12-14-21-54,55-22-27-59(75-10)28-23-55)56-24-29-60(76-11)30-25-56/h12-14,20-30,50-53,58,61-66,71H,15-19,31-37,39-49H2,1-11H3,(H2,72,73,74)/t53-,58+,61+,62-,63+,64+,65?,66?,67+,68-/m1/s1. The minimum Gasteiger partial charge on any atom is -0.497 e.